The molecule has 10 nitrogen and oxygen atoms in total. The lowest BCUT2D eigenvalue weighted by Crippen LogP contribution is -2.59. The average molecular weight is 446 g/mol. The van der Waals surface area contributed by atoms with Crippen LogP contribution in [0.5, 0.6) is 0 Å². The van der Waals surface area contributed by atoms with Gasteiger partial charge in [-0.15, -0.1) is 0 Å². The van der Waals surface area contributed by atoms with Gasteiger partial charge in [-0.1, -0.05) is 6.07 Å². The van der Waals surface area contributed by atoms with E-state index < -0.39 is 0 Å². The second kappa shape index (κ2) is 8.30. The molecule has 6 N–H and O–H groups in total. The van der Waals surface area contributed by atoms with Crippen LogP contribution in [0.3, 0.4) is 0 Å². The number of carbonyl (C=O) groups excluding carboxylic acids is 1. The number of hydrazine groups is 1. The molecule has 170 valence electrons. The van der Waals surface area contributed by atoms with Crippen molar-refractivity contribution in [2.75, 3.05) is 29.6 Å². The largest absolute Gasteiger partial charge is 0.382 e. The van der Waals surface area contributed by atoms with Crippen molar-refractivity contribution < 1.29 is 4.79 Å². The van der Waals surface area contributed by atoms with Gasteiger partial charge in [0.15, 0.2) is 0 Å². The minimum atomic E-state index is -0.0771. The first kappa shape index (κ1) is 21.1. The van der Waals surface area contributed by atoms with Gasteiger partial charge in [-0.2, -0.15) is 0 Å². The fourth-order valence-corrected chi connectivity index (χ4v) is 4.42. The molecule has 0 saturated carbocycles. The molecule has 2 aliphatic rings. The first-order valence-corrected chi connectivity index (χ1v) is 10.8. The molecule has 0 aliphatic carbocycles. The summed E-state index contributed by atoms with van der Waals surface area (Å²) in [5.41, 5.74) is 14.6. The monoisotopic (exact) mass is 445 g/mol. The summed E-state index contributed by atoms with van der Waals surface area (Å²) >= 11 is 0. The molecule has 5 rings (SSSR count). The van der Waals surface area contributed by atoms with Crippen molar-refractivity contribution in [2.45, 2.75) is 33.0 Å². The van der Waals surface area contributed by atoms with Crippen molar-refractivity contribution in [1.29, 1.82) is 0 Å². The molecule has 3 aromatic rings. The highest BCUT2D eigenvalue weighted by molar-refractivity contribution is 5.96. The smallest absolute Gasteiger partial charge is 0.255 e. The van der Waals surface area contributed by atoms with Crippen LogP contribution in [0.2, 0.25) is 0 Å². The van der Waals surface area contributed by atoms with E-state index in [1.165, 1.54) is 17.3 Å². The third-order valence-electron chi connectivity index (χ3n) is 6.15. The number of hydrogen-bond donors (Lipinski definition) is 4. The Bertz CT molecular complexity index is 1200. The summed E-state index contributed by atoms with van der Waals surface area (Å²) in [5, 5.41) is 3.32. The topological polar surface area (TPSA) is 138 Å². The molecule has 0 unspecified atom stereocenters. The van der Waals surface area contributed by atoms with Gasteiger partial charge in [0.25, 0.3) is 5.91 Å². The molecule has 2 aliphatic heterocycles. The van der Waals surface area contributed by atoms with E-state index in [9.17, 15) is 4.79 Å². The van der Waals surface area contributed by atoms with Crippen LogP contribution >= 0.6 is 0 Å². The first-order valence-electron chi connectivity index (χ1n) is 10.8. The zero-order valence-corrected chi connectivity index (χ0v) is 18.7. The highest BCUT2D eigenvalue weighted by atomic mass is 16.2. The number of likely N-dealkylation sites (tertiary alicyclic amines) is 1. The lowest BCUT2D eigenvalue weighted by atomic mass is 10.1. The number of benzene rings is 1. The summed E-state index contributed by atoms with van der Waals surface area (Å²) in [5.74, 6) is 6.23. The Morgan fingerprint density at radius 1 is 1.06 bits per heavy atom. The fraction of sp³-hybridized carbons (Fsp3) is 0.304. The van der Waals surface area contributed by atoms with Crippen molar-refractivity contribution in [1.82, 2.24) is 24.8 Å². The number of aromatic nitrogens is 3. The molecular formula is C23H27N9O. The van der Waals surface area contributed by atoms with Crippen LogP contribution < -0.4 is 22.3 Å². The number of nitrogens with zero attached hydrogens (tertiary/aromatic N) is 5. The van der Waals surface area contributed by atoms with Gasteiger partial charge >= 0.3 is 0 Å². The minimum absolute atomic E-state index is 0.0771. The Kier molecular flexibility index (Phi) is 5.31. The van der Waals surface area contributed by atoms with Crippen molar-refractivity contribution in [3.63, 3.8) is 0 Å². The Hall–Kier alpha value is -3.76. The third kappa shape index (κ3) is 4.18. The van der Waals surface area contributed by atoms with Gasteiger partial charge in [-0.3, -0.25) is 15.5 Å². The Balaban J connectivity index is 1.20. The van der Waals surface area contributed by atoms with Crippen LogP contribution in [0.4, 0.5) is 23.1 Å². The first-order chi connectivity index (χ1) is 15.9. The maximum atomic E-state index is 12.8. The van der Waals surface area contributed by atoms with E-state index in [-0.39, 0.29) is 17.8 Å². The number of carbonyl (C=O) groups is 1. The number of pyridine rings is 1. The Morgan fingerprint density at radius 2 is 1.82 bits per heavy atom. The normalized spacial score (nSPS) is 15.8. The molecule has 4 heterocycles. The highest BCUT2D eigenvalue weighted by Crippen LogP contribution is 2.29. The van der Waals surface area contributed by atoms with Crippen LogP contribution in [-0.4, -0.2) is 49.8 Å². The van der Waals surface area contributed by atoms with Crippen molar-refractivity contribution in [2.24, 2.45) is 5.84 Å². The SMILES string of the molecule is Cc1cc(C)cc(Nc2ncc3c(n2)CN(C2CN(C(=O)c4cnc(N)c(NN)c4)C2)C3)c1. The molecule has 2 aromatic heterocycles. The zero-order valence-electron chi connectivity index (χ0n) is 18.7. The predicted octanol–water partition coefficient (Wildman–Crippen LogP) is 1.94. The summed E-state index contributed by atoms with van der Waals surface area (Å²) in [6.45, 7) is 6.99. The molecule has 1 fully saturated rings. The minimum Gasteiger partial charge on any atom is -0.382 e. The van der Waals surface area contributed by atoms with Gasteiger partial charge in [0, 0.05) is 55.9 Å². The predicted molar refractivity (Wildman–Crippen MR) is 127 cm³/mol. The number of hydrogen-bond acceptors (Lipinski definition) is 9. The van der Waals surface area contributed by atoms with Gasteiger partial charge < -0.3 is 21.4 Å². The number of nitrogens with two attached hydrogens (primary N) is 2. The number of nitrogens with one attached hydrogen (secondary N) is 2. The summed E-state index contributed by atoms with van der Waals surface area (Å²) < 4.78 is 0. The quantitative estimate of drug-likeness (QED) is 0.343. The van der Waals surface area contributed by atoms with E-state index in [1.54, 1.807) is 11.0 Å². The van der Waals surface area contributed by atoms with Crippen LogP contribution in [-0.2, 0) is 13.1 Å². The lowest BCUT2D eigenvalue weighted by molar-refractivity contribution is 0.0248. The summed E-state index contributed by atoms with van der Waals surface area (Å²) in [6, 6.07) is 8.21. The van der Waals surface area contributed by atoms with Gasteiger partial charge in [0.1, 0.15) is 5.82 Å². The number of nitrogen functional groups attached to an aromatic ring is 2. The van der Waals surface area contributed by atoms with Crippen LogP contribution in [0.25, 0.3) is 0 Å². The van der Waals surface area contributed by atoms with E-state index in [0.29, 0.717) is 30.3 Å². The molecule has 1 aromatic carbocycles. The Morgan fingerprint density at radius 3 is 2.55 bits per heavy atom. The van der Waals surface area contributed by atoms with E-state index in [0.717, 1.165) is 30.0 Å². The van der Waals surface area contributed by atoms with E-state index in [2.05, 4.69) is 57.7 Å². The molecule has 0 bridgehead atoms. The van der Waals surface area contributed by atoms with Gasteiger partial charge in [-0.05, 0) is 43.2 Å². The highest BCUT2D eigenvalue weighted by Gasteiger charge is 2.38. The summed E-state index contributed by atoms with van der Waals surface area (Å²) in [7, 11) is 0. The summed E-state index contributed by atoms with van der Waals surface area (Å²) in [6.07, 6.45) is 3.38. The molecule has 0 spiro atoms. The molecule has 0 radical (unpaired) electrons. The van der Waals surface area contributed by atoms with Gasteiger partial charge in [0.2, 0.25) is 5.95 Å². The molecule has 1 amide bonds. The van der Waals surface area contributed by atoms with Crippen LogP contribution in [0.1, 0.15) is 32.7 Å². The van der Waals surface area contributed by atoms with Crippen molar-refractivity contribution in [3.8, 4) is 0 Å². The average Bonchev–Trinajstić information content (AvgIpc) is 3.15. The van der Waals surface area contributed by atoms with E-state index in [1.807, 2.05) is 6.20 Å². The number of fused-ring (bicyclic) bond motifs is 1. The van der Waals surface area contributed by atoms with Gasteiger partial charge in [0.05, 0.1) is 16.9 Å². The van der Waals surface area contributed by atoms with Crippen LogP contribution in [0, 0.1) is 13.8 Å². The molecule has 1 saturated heterocycles. The van der Waals surface area contributed by atoms with Crippen LogP contribution in [0.15, 0.2) is 36.7 Å². The zero-order chi connectivity index (χ0) is 23.1. The van der Waals surface area contributed by atoms with Gasteiger partial charge in [-0.25, -0.2) is 15.0 Å². The van der Waals surface area contributed by atoms with E-state index in [4.69, 9.17) is 16.6 Å². The second-order valence-electron chi connectivity index (χ2n) is 8.74. The maximum absolute atomic E-state index is 12.8. The number of anilines is 4. The van der Waals surface area contributed by atoms with Crippen molar-refractivity contribution in [3.05, 3.63) is 64.6 Å². The number of aryl methyl sites for hydroxylation is 2. The maximum Gasteiger partial charge on any atom is 0.255 e. The van der Waals surface area contributed by atoms with E-state index >= 15 is 0 Å². The Labute approximate surface area is 192 Å². The standard InChI is InChI=1S/C23H27N9O/c1-13-3-14(2)5-17(4-13)28-23-27-8-16-9-31(12-20(16)29-23)18-10-32(11-18)22(33)15-6-19(30-25)21(24)26-7-15/h3-8,18,30H,9-12,25H2,1-2H3,(H2,24,26)(H,27,28,29). The molecular weight excluding hydrogens is 418 g/mol. The molecule has 0 atom stereocenters. The molecule has 33 heavy (non-hydrogen) atoms. The lowest BCUT2D eigenvalue weighted by Gasteiger charge is -2.43. The second-order valence-corrected chi connectivity index (χ2v) is 8.74. The molecule has 10 heteroatoms. The summed E-state index contributed by atoms with van der Waals surface area (Å²) in [4.78, 5) is 30.2. The number of amides is 1. The fourth-order valence-electron chi connectivity index (χ4n) is 4.42. The van der Waals surface area contributed by atoms with Crippen molar-refractivity contribution >= 4 is 29.0 Å². The third-order valence-corrected chi connectivity index (χ3v) is 6.15. The number of rotatable bonds is 5.